The molecule has 1 saturated carbocycles. The molecule has 2 nitrogen and oxygen atoms in total. The number of alkyl halides is 1. The molecule has 1 aliphatic heterocycles. The smallest absolute Gasteiger partial charge is 0.103 e. The summed E-state index contributed by atoms with van der Waals surface area (Å²) in [6, 6.07) is 0.540. The molecule has 2 aliphatic rings. The molecule has 3 atom stereocenters. The third-order valence-electron chi connectivity index (χ3n) is 4.67. The standard InChI is InChI=1S/C15H28FNO/c1-11(2)12(3)18-15-6-4-5-14(15)17-9-7-13(16)8-10-17/h11-15H,4-10H2,1-3H3/t12?,14-,15-/m0/s1. The van der Waals surface area contributed by atoms with Crippen molar-refractivity contribution in [1.29, 1.82) is 0 Å². The van der Waals surface area contributed by atoms with Gasteiger partial charge < -0.3 is 4.74 Å². The summed E-state index contributed by atoms with van der Waals surface area (Å²) < 4.78 is 19.4. The predicted molar refractivity (Wildman–Crippen MR) is 72.5 cm³/mol. The Morgan fingerprint density at radius 2 is 1.72 bits per heavy atom. The molecule has 1 aliphatic carbocycles. The van der Waals surface area contributed by atoms with Crippen molar-refractivity contribution in [2.45, 2.75) is 77.3 Å². The Hall–Kier alpha value is -0.150. The maximum atomic E-state index is 13.2. The Morgan fingerprint density at radius 1 is 1.06 bits per heavy atom. The van der Waals surface area contributed by atoms with Crippen LogP contribution in [0.25, 0.3) is 0 Å². The highest BCUT2D eigenvalue weighted by Crippen LogP contribution is 2.30. The highest BCUT2D eigenvalue weighted by Gasteiger charge is 2.35. The number of nitrogens with zero attached hydrogens (tertiary/aromatic N) is 1. The monoisotopic (exact) mass is 257 g/mol. The van der Waals surface area contributed by atoms with Crippen molar-refractivity contribution in [2.24, 2.45) is 5.92 Å². The molecule has 2 rings (SSSR count). The lowest BCUT2D eigenvalue weighted by atomic mass is 10.0. The van der Waals surface area contributed by atoms with Crippen molar-refractivity contribution >= 4 is 0 Å². The van der Waals surface area contributed by atoms with Crippen LogP contribution in [0, 0.1) is 5.92 Å². The van der Waals surface area contributed by atoms with E-state index in [-0.39, 0.29) is 0 Å². The molecule has 0 aromatic rings. The molecule has 3 heteroatoms. The molecule has 0 amide bonds. The summed E-state index contributed by atoms with van der Waals surface area (Å²) in [5.41, 5.74) is 0. The van der Waals surface area contributed by atoms with Gasteiger partial charge in [-0.1, -0.05) is 13.8 Å². The van der Waals surface area contributed by atoms with Gasteiger partial charge in [0.25, 0.3) is 0 Å². The van der Waals surface area contributed by atoms with Crippen LogP contribution in [0.1, 0.15) is 52.9 Å². The molecule has 0 aromatic carbocycles. The van der Waals surface area contributed by atoms with E-state index in [2.05, 4.69) is 25.7 Å². The Morgan fingerprint density at radius 3 is 2.33 bits per heavy atom. The number of piperidine rings is 1. The number of ether oxygens (including phenoxy) is 1. The first-order valence-corrected chi connectivity index (χ1v) is 7.61. The normalized spacial score (nSPS) is 33.2. The van der Waals surface area contributed by atoms with E-state index < -0.39 is 6.17 Å². The summed E-state index contributed by atoms with van der Waals surface area (Å²) in [7, 11) is 0. The molecular formula is C15H28FNO. The second-order valence-electron chi connectivity index (χ2n) is 6.33. The van der Waals surface area contributed by atoms with Gasteiger partial charge in [0.15, 0.2) is 0 Å². The number of likely N-dealkylation sites (tertiary alicyclic amines) is 1. The molecule has 0 radical (unpaired) electrons. The topological polar surface area (TPSA) is 12.5 Å². The Bertz CT molecular complexity index is 251. The highest BCUT2D eigenvalue weighted by molar-refractivity contribution is 4.89. The van der Waals surface area contributed by atoms with Gasteiger partial charge in [0.1, 0.15) is 6.17 Å². The molecule has 0 bridgehead atoms. The van der Waals surface area contributed by atoms with E-state index >= 15 is 0 Å². The van der Waals surface area contributed by atoms with Crippen molar-refractivity contribution < 1.29 is 9.13 Å². The van der Waals surface area contributed by atoms with E-state index in [4.69, 9.17) is 4.74 Å². The van der Waals surface area contributed by atoms with E-state index in [0.717, 1.165) is 13.1 Å². The Balaban J connectivity index is 1.87. The van der Waals surface area contributed by atoms with Crippen LogP contribution < -0.4 is 0 Å². The van der Waals surface area contributed by atoms with Crippen LogP contribution in [0.2, 0.25) is 0 Å². The Labute approximate surface area is 111 Å². The van der Waals surface area contributed by atoms with E-state index in [1.54, 1.807) is 0 Å². The zero-order valence-electron chi connectivity index (χ0n) is 12.1. The highest BCUT2D eigenvalue weighted by atomic mass is 19.1. The van der Waals surface area contributed by atoms with Crippen LogP contribution in [0.4, 0.5) is 4.39 Å². The zero-order valence-corrected chi connectivity index (χ0v) is 12.1. The van der Waals surface area contributed by atoms with Crippen molar-refractivity contribution in [3.8, 4) is 0 Å². The number of hydrogen-bond acceptors (Lipinski definition) is 2. The van der Waals surface area contributed by atoms with Gasteiger partial charge in [0.2, 0.25) is 0 Å². The summed E-state index contributed by atoms with van der Waals surface area (Å²) in [6.07, 6.45) is 5.22. The summed E-state index contributed by atoms with van der Waals surface area (Å²) in [5, 5.41) is 0. The Kier molecular flexibility index (Phi) is 5.02. The van der Waals surface area contributed by atoms with Crippen molar-refractivity contribution in [2.75, 3.05) is 13.1 Å². The minimum atomic E-state index is -0.573. The van der Waals surface area contributed by atoms with E-state index in [0.29, 0.717) is 37.0 Å². The molecule has 0 spiro atoms. The molecule has 2 fully saturated rings. The first kappa shape index (κ1) is 14.3. The molecule has 0 aromatic heterocycles. The van der Waals surface area contributed by atoms with E-state index in [1.807, 2.05) is 0 Å². The summed E-state index contributed by atoms with van der Waals surface area (Å²) >= 11 is 0. The first-order chi connectivity index (χ1) is 8.58. The average Bonchev–Trinajstić information content (AvgIpc) is 2.78. The van der Waals surface area contributed by atoms with Gasteiger partial charge >= 0.3 is 0 Å². The quantitative estimate of drug-likeness (QED) is 0.765. The second-order valence-corrected chi connectivity index (χ2v) is 6.33. The molecule has 1 unspecified atom stereocenters. The van der Waals surface area contributed by atoms with Crippen LogP contribution >= 0.6 is 0 Å². The third-order valence-corrected chi connectivity index (χ3v) is 4.67. The zero-order chi connectivity index (χ0) is 13.1. The van der Waals surface area contributed by atoms with Gasteiger partial charge in [-0.05, 0) is 44.9 Å². The summed E-state index contributed by atoms with van der Waals surface area (Å²) in [6.45, 7) is 8.43. The molecular weight excluding hydrogens is 229 g/mol. The largest absolute Gasteiger partial charge is 0.373 e. The maximum Gasteiger partial charge on any atom is 0.103 e. The summed E-state index contributed by atoms with van der Waals surface area (Å²) in [4.78, 5) is 2.47. The average molecular weight is 257 g/mol. The fraction of sp³-hybridized carbons (Fsp3) is 1.00. The second kappa shape index (κ2) is 6.33. The number of halogens is 1. The van der Waals surface area contributed by atoms with Crippen molar-refractivity contribution in [1.82, 2.24) is 4.90 Å². The minimum absolute atomic E-state index is 0.328. The van der Waals surface area contributed by atoms with Crippen LogP contribution in [0.3, 0.4) is 0 Å². The molecule has 106 valence electrons. The maximum absolute atomic E-state index is 13.2. The first-order valence-electron chi connectivity index (χ1n) is 7.61. The molecule has 1 heterocycles. The minimum Gasteiger partial charge on any atom is -0.373 e. The molecule has 0 N–H and O–H groups in total. The van der Waals surface area contributed by atoms with Gasteiger partial charge in [-0.15, -0.1) is 0 Å². The lowest BCUT2D eigenvalue weighted by Crippen LogP contribution is -2.47. The van der Waals surface area contributed by atoms with Crippen LogP contribution in [0.15, 0.2) is 0 Å². The van der Waals surface area contributed by atoms with Gasteiger partial charge in [-0.25, -0.2) is 4.39 Å². The van der Waals surface area contributed by atoms with Gasteiger partial charge in [-0.2, -0.15) is 0 Å². The van der Waals surface area contributed by atoms with Gasteiger partial charge in [0, 0.05) is 19.1 Å². The lowest BCUT2D eigenvalue weighted by molar-refractivity contribution is -0.0613. The van der Waals surface area contributed by atoms with Crippen molar-refractivity contribution in [3.63, 3.8) is 0 Å². The summed E-state index contributed by atoms with van der Waals surface area (Å²) in [5.74, 6) is 0.572. The predicted octanol–water partition coefficient (Wildman–Crippen LogP) is 3.40. The van der Waals surface area contributed by atoms with E-state index in [1.165, 1.54) is 19.3 Å². The van der Waals surface area contributed by atoms with Gasteiger partial charge in [0.05, 0.1) is 12.2 Å². The number of rotatable bonds is 4. The third kappa shape index (κ3) is 3.45. The molecule has 1 saturated heterocycles. The lowest BCUT2D eigenvalue weighted by Gasteiger charge is -2.37. The van der Waals surface area contributed by atoms with E-state index in [9.17, 15) is 4.39 Å². The fourth-order valence-electron chi connectivity index (χ4n) is 3.12. The van der Waals surface area contributed by atoms with Crippen LogP contribution in [-0.2, 0) is 4.74 Å². The van der Waals surface area contributed by atoms with Crippen LogP contribution in [0.5, 0.6) is 0 Å². The number of hydrogen-bond donors (Lipinski definition) is 0. The van der Waals surface area contributed by atoms with Crippen LogP contribution in [-0.4, -0.2) is 42.4 Å². The van der Waals surface area contributed by atoms with Gasteiger partial charge in [-0.3, -0.25) is 4.90 Å². The van der Waals surface area contributed by atoms with Crippen molar-refractivity contribution in [3.05, 3.63) is 0 Å². The molecule has 18 heavy (non-hydrogen) atoms. The fourth-order valence-corrected chi connectivity index (χ4v) is 3.12. The SMILES string of the molecule is CC(C)C(C)O[C@H]1CCC[C@@H]1N1CCC(F)CC1.